The van der Waals surface area contributed by atoms with E-state index in [0.29, 0.717) is 17.7 Å². The fourth-order valence-electron chi connectivity index (χ4n) is 2.57. The summed E-state index contributed by atoms with van der Waals surface area (Å²) in [5.41, 5.74) is 1.22. The number of amides is 1. The van der Waals surface area contributed by atoms with Gasteiger partial charge in [-0.1, -0.05) is 30.3 Å². The van der Waals surface area contributed by atoms with Crippen LogP contribution < -0.4 is 0 Å². The summed E-state index contributed by atoms with van der Waals surface area (Å²) in [6.45, 7) is 1.24. The Morgan fingerprint density at radius 1 is 1.40 bits per heavy atom. The first-order valence-corrected chi connectivity index (χ1v) is 6.99. The summed E-state index contributed by atoms with van der Waals surface area (Å²) < 4.78 is 2.38. The van der Waals surface area contributed by atoms with Crippen LogP contribution >= 0.6 is 12.2 Å². The number of nitrogens with one attached hydrogen (secondary N) is 1. The summed E-state index contributed by atoms with van der Waals surface area (Å²) in [5.74, 6) is 1.24. The first-order chi connectivity index (χ1) is 9.65. The Hall–Kier alpha value is -1.95. The molecule has 6 heteroatoms. The number of H-pyrrole nitrogens is 1. The second-order valence-electron chi connectivity index (χ2n) is 5.09. The summed E-state index contributed by atoms with van der Waals surface area (Å²) in [6.07, 6.45) is 0.568. The van der Waals surface area contributed by atoms with E-state index in [0.717, 1.165) is 12.4 Å². The fraction of sp³-hybridized carbons (Fsp3) is 0.357. The predicted octanol–water partition coefficient (Wildman–Crippen LogP) is 1.99. The van der Waals surface area contributed by atoms with E-state index in [1.807, 2.05) is 30.1 Å². The van der Waals surface area contributed by atoms with Crippen LogP contribution in [0.25, 0.3) is 0 Å². The molecule has 3 rings (SSSR count). The maximum atomic E-state index is 12.1. The highest BCUT2D eigenvalue weighted by Gasteiger charge is 2.31. The smallest absolute Gasteiger partial charge is 0.223 e. The Labute approximate surface area is 122 Å². The van der Waals surface area contributed by atoms with Crippen molar-refractivity contribution in [3.63, 3.8) is 0 Å². The average molecular weight is 288 g/mol. The van der Waals surface area contributed by atoms with E-state index in [4.69, 9.17) is 12.2 Å². The molecule has 1 aliphatic rings. The molecule has 1 aromatic carbocycles. The summed E-state index contributed by atoms with van der Waals surface area (Å²) >= 11 is 5.09. The van der Waals surface area contributed by atoms with Crippen molar-refractivity contribution in [2.45, 2.75) is 18.9 Å². The van der Waals surface area contributed by atoms with Gasteiger partial charge in [0.2, 0.25) is 5.91 Å². The number of aromatic nitrogens is 3. The molecule has 1 amide bonds. The highest BCUT2D eigenvalue weighted by Crippen LogP contribution is 2.28. The molecule has 1 saturated heterocycles. The van der Waals surface area contributed by atoms with E-state index in [9.17, 15) is 4.79 Å². The zero-order valence-corrected chi connectivity index (χ0v) is 12.1. The van der Waals surface area contributed by atoms with Crippen LogP contribution in [0.5, 0.6) is 0 Å². The van der Waals surface area contributed by atoms with Crippen molar-refractivity contribution in [3.05, 3.63) is 46.5 Å². The van der Waals surface area contributed by atoms with Crippen molar-refractivity contribution >= 4 is 18.1 Å². The van der Waals surface area contributed by atoms with Crippen molar-refractivity contribution in [2.24, 2.45) is 7.05 Å². The van der Waals surface area contributed by atoms with Gasteiger partial charge in [0.15, 0.2) is 10.6 Å². The van der Waals surface area contributed by atoms with Gasteiger partial charge < -0.3 is 9.47 Å². The Kier molecular flexibility index (Phi) is 3.40. The predicted molar refractivity (Wildman–Crippen MR) is 77.6 cm³/mol. The number of nitrogens with zero attached hydrogens (tertiary/aromatic N) is 3. The standard InChI is InChI=1S/C14H16N4OS/c1-17-12(15-16-14(17)20)9-18-8-11(7-13(18)19)10-5-3-2-4-6-10/h2-6,11H,7-9H2,1H3,(H,16,20)/t11-/m1/s1. The van der Waals surface area contributed by atoms with Crippen LogP contribution in [0.2, 0.25) is 0 Å². The van der Waals surface area contributed by atoms with Gasteiger partial charge in [-0.2, -0.15) is 5.10 Å². The van der Waals surface area contributed by atoms with Gasteiger partial charge in [-0.05, 0) is 17.8 Å². The number of aromatic amines is 1. The van der Waals surface area contributed by atoms with Crippen LogP contribution in [0.3, 0.4) is 0 Å². The molecular weight excluding hydrogens is 272 g/mol. The molecule has 1 aromatic heterocycles. The van der Waals surface area contributed by atoms with Crippen molar-refractivity contribution in [2.75, 3.05) is 6.54 Å². The second-order valence-corrected chi connectivity index (χ2v) is 5.48. The van der Waals surface area contributed by atoms with E-state index in [1.54, 1.807) is 4.57 Å². The molecule has 0 aliphatic carbocycles. The lowest BCUT2D eigenvalue weighted by Gasteiger charge is -2.16. The third-order valence-electron chi connectivity index (χ3n) is 3.79. The first-order valence-electron chi connectivity index (χ1n) is 6.58. The quantitative estimate of drug-likeness (QED) is 0.879. The molecule has 2 heterocycles. The summed E-state index contributed by atoms with van der Waals surface area (Å²) in [4.78, 5) is 14.0. The second kappa shape index (κ2) is 5.20. The van der Waals surface area contributed by atoms with E-state index in [-0.39, 0.29) is 11.8 Å². The molecule has 0 bridgehead atoms. The summed E-state index contributed by atoms with van der Waals surface area (Å²) in [7, 11) is 1.86. The molecule has 1 aliphatic heterocycles. The largest absolute Gasteiger partial charge is 0.335 e. The third kappa shape index (κ3) is 2.38. The highest BCUT2D eigenvalue weighted by atomic mass is 32.1. The molecule has 0 unspecified atom stereocenters. The molecule has 104 valence electrons. The normalized spacial score (nSPS) is 18.8. The van der Waals surface area contributed by atoms with E-state index >= 15 is 0 Å². The molecular formula is C14H16N4OS. The molecule has 2 aromatic rings. The Morgan fingerprint density at radius 2 is 2.15 bits per heavy atom. The van der Waals surface area contributed by atoms with Gasteiger partial charge in [-0.25, -0.2) is 0 Å². The highest BCUT2D eigenvalue weighted by molar-refractivity contribution is 7.71. The monoisotopic (exact) mass is 288 g/mol. The zero-order chi connectivity index (χ0) is 14.1. The summed E-state index contributed by atoms with van der Waals surface area (Å²) in [6, 6.07) is 10.2. The minimum absolute atomic E-state index is 0.174. The number of benzene rings is 1. The number of carbonyl (C=O) groups is 1. The van der Waals surface area contributed by atoms with Crippen molar-refractivity contribution < 1.29 is 4.79 Å². The minimum atomic E-state index is 0.174. The number of likely N-dealkylation sites (tertiary alicyclic amines) is 1. The SMILES string of the molecule is Cn1c(CN2C[C@H](c3ccccc3)CC2=O)n[nH]c1=S. The van der Waals surface area contributed by atoms with E-state index in [1.165, 1.54) is 5.56 Å². The van der Waals surface area contributed by atoms with E-state index < -0.39 is 0 Å². The molecule has 1 atom stereocenters. The number of hydrogen-bond acceptors (Lipinski definition) is 3. The van der Waals surface area contributed by atoms with Crippen molar-refractivity contribution in [1.29, 1.82) is 0 Å². The Bertz CT molecular complexity index is 676. The van der Waals surface area contributed by atoms with Gasteiger partial charge in [0.1, 0.15) is 0 Å². The molecule has 5 nitrogen and oxygen atoms in total. The lowest BCUT2D eigenvalue weighted by atomic mass is 9.99. The average Bonchev–Trinajstić information content (AvgIpc) is 2.98. The van der Waals surface area contributed by atoms with Crippen LogP contribution in [0.4, 0.5) is 0 Å². The lowest BCUT2D eigenvalue weighted by molar-refractivity contribution is -0.128. The molecule has 20 heavy (non-hydrogen) atoms. The molecule has 1 N–H and O–H groups in total. The number of hydrogen-bond donors (Lipinski definition) is 1. The molecule has 0 saturated carbocycles. The maximum absolute atomic E-state index is 12.1. The topological polar surface area (TPSA) is 53.9 Å². The van der Waals surface area contributed by atoms with Gasteiger partial charge in [0.05, 0.1) is 6.54 Å². The number of carbonyl (C=O) groups excluding carboxylic acids is 1. The van der Waals surface area contributed by atoms with Crippen molar-refractivity contribution in [1.82, 2.24) is 19.7 Å². The third-order valence-corrected chi connectivity index (χ3v) is 4.16. The van der Waals surface area contributed by atoms with Crippen LogP contribution in [0.1, 0.15) is 23.7 Å². The number of rotatable bonds is 3. The van der Waals surface area contributed by atoms with Crippen molar-refractivity contribution in [3.8, 4) is 0 Å². The van der Waals surface area contributed by atoms with Gasteiger partial charge in [0.25, 0.3) is 0 Å². The van der Waals surface area contributed by atoms with Crippen LogP contribution in [-0.2, 0) is 18.4 Å². The first kappa shape index (κ1) is 13.1. The van der Waals surface area contributed by atoms with Gasteiger partial charge in [-0.3, -0.25) is 9.89 Å². The molecule has 0 spiro atoms. The van der Waals surface area contributed by atoms with Gasteiger partial charge in [0, 0.05) is 25.9 Å². The van der Waals surface area contributed by atoms with E-state index in [2.05, 4.69) is 22.3 Å². The fourth-order valence-corrected chi connectivity index (χ4v) is 2.72. The Morgan fingerprint density at radius 3 is 2.80 bits per heavy atom. The lowest BCUT2D eigenvalue weighted by Crippen LogP contribution is -2.26. The molecule has 0 radical (unpaired) electrons. The maximum Gasteiger partial charge on any atom is 0.223 e. The van der Waals surface area contributed by atoms with Crippen LogP contribution in [0.15, 0.2) is 30.3 Å². The van der Waals surface area contributed by atoms with Gasteiger partial charge in [-0.15, -0.1) is 0 Å². The summed E-state index contributed by atoms with van der Waals surface area (Å²) in [5, 5.41) is 6.91. The van der Waals surface area contributed by atoms with Gasteiger partial charge >= 0.3 is 0 Å². The Balaban J connectivity index is 1.75. The molecule has 1 fully saturated rings. The minimum Gasteiger partial charge on any atom is -0.335 e. The van der Waals surface area contributed by atoms with Crippen LogP contribution in [-0.4, -0.2) is 32.1 Å². The van der Waals surface area contributed by atoms with Crippen LogP contribution in [0, 0.1) is 4.77 Å². The zero-order valence-electron chi connectivity index (χ0n) is 11.2.